The van der Waals surface area contributed by atoms with Crippen molar-refractivity contribution in [1.29, 1.82) is 0 Å². The van der Waals surface area contributed by atoms with Gasteiger partial charge in [-0.25, -0.2) is 9.78 Å². The monoisotopic (exact) mass is 420 g/mol. The third kappa shape index (κ3) is 4.76. The van der Waals surface area contributed by atoms with Crippen LogP contribution in [0.25, 0.3) is 16.3 Å². The Morgan fingerprint density at radius 3 is 2.60 bits per heavy atom. The Hall–Kier alpha value is -2.99. The van der Waals surface area contributed by atoms with Crippen LogP contribution in [0.1, 0.15) is 30.3 Å². The second-order valence-corrected chi connectivity index (χ2v) is 8.35. The van der Waals surface area contributed by atoms with Crippen LogP contribution in [0.3, 0.4) is 0 Å². The van der Waals surface area contributed by atoms with Crippen LogP contribution in [0.5, 0.6) is 0 Å². The third-order valence-electron chi connectivity index (χ3n) is 5.04. The van der Waals surface area contributed by atoms with E-state index < -0.39 is 6.04 Å². The van der Waals surface area contributed by atoms with E-state index in [0.29, 0.717) is 13.0 Å². The molecule has 0 spiro atoms. The summed E-state index contributed by atoms with van der Waals surface area (Å²) in [5, 5.41) is 0.774. The summed E-state index contributed by atoms with van der Waals surface area (Å²) >= 11 is 1.54. The summed E-state index contributed by atoms with van der Waals surface area (Å²) in [5.74, 6) is -0.527. The zero-order valence-electron chi connectivity index (χ0n) is 16.9. The SMILES string of the molecule is CCOC(=O)C(Cc1ccccc1)N(C(=O)/C=C/c1nc2ccccc2s1)C1CC1. The lowest BCUT2D eigenvalue weighted by Gasteiger charge is -2.29. The Kier molecular flexibility index (Phi) is 6.23. The molecule has 5 nitrogen and oxygen atoms in total. The van der Waals surface area contributed by atoms with Crippen molar-refractivity contribution in [3.8, 4) is 0 Å². The maximum atomic E-state index is 13.2. The number of carbonyl (C=O) groups excluding carboxylic acids is 2. The van der Waals surface area contributed by atoms with Crippen molar-refractivity contribution in [3.63, 3.8) is 0 Å². The highest BCUT2D eigenvalue weighted by molar-refractivity contribution is 7.19. The lowest BCUT2D eigenvalue weighted by Crippen LogP contribution is -2.48. The van der Waals surface area contributed by atoms with E-state index in [4.69, 9.17) is 4.74 Å². The van der Waals surface area contributed by atoms with E-state index in [1.54, 1.807) is 29.2 Å². The minimum atomic E-state index is -0.632. The molecule has 0 radical (unpaired) electrons. The van der Waals surface area contributed by atoms with Crippen LogP contribution in [0, 0.1) is 0 Å². The predicted molar refractivity (Wildman–Crippen MR) is 119 cm³/mol. The number of nitrogens with zero attached hydrogens (tertiary/aromatic N) is 2. The third-order valence-corrected chi connectivity index (χ3v) is 6.04. The van der Waals surface area contributed by atoms with Gasteiger partial charge in [0.05, 0.1) is 16.8 Å². The second-order valence-electron chi connectivity index (χ2n) is 7.29. The Morgan fingerprint density at radius 2 is 1.90 bits per heavy atom. The number of fused-ring (bicyclic) bond motifs is 1. The zero-order valence-corrected chi connectivity index (χ0v) is 17.7. The van der Waals surface area contributed by atoms with Gasteiger partial charge in [-0.3, -0.25) is 4.79 Å². The van der Waals surface area contributed by atoms with Crippen LogP contribution in [-0.4, -0.2) is 40.5 Å². The van der Waals surface area contributed by atoms with Gasteiger partial charge in [0.25, 0.3) is 0 Å². The molecule has 1 heterocycles. The first-order valence-electron chi connectivity index (χ1n) is 10.2. The fourth-order valence-electron chi connectivity index (χ4n) is 3.50. The molecular formula is C24H24N2O3S. The summed E-state index contributed by atoms with van der Waals surface area (Å²) in [6.45, 7) is 2.08. The molecule has 0 N–H and O–H groups in total. The summed E-state index contributed by atoms with van der Waals surface area (Å²) in [4.78, 5) is 32.2. The van der Waals surface area contributed by atoms with Gasteiger partial charge in [0.15, 0.2) is 0 Å². The molecular weight excluding hydrogens is 396 g/mol. The number of amides is 1. The Labute approximate surface area is 180 Å². The van der Waals surface area contributed by atoms with Crippen LogP contribution in [0.4, 0.5) is 0 Å². The molecule has 1 unspecified atom stereocenters. The van der Waals surface area contributed by atoms with E-state index in [0.717, 1.165) is 33.6 Å². The first kappa shape index (κ1) is 20.3. The molecule has 1 aromatic heterocycles. The van der Waals surface area contributed by atoms with Crippen molar-refractivity contribution < 1.29 is 14.3 Å². The van der Waals surface area contributed by atoms with Crippen LogP contribution in [0.2, 0.25) is 0 Å². The number of para-hydroxylation sites is 1. The van der Waals surface area contributed by atoms with Crippen molar-refractivity contribution in [3.05, 3.63) is 71.2 Å². The smallest absolute Gasteiger partial charge is 0.329 e. The number of benzene rings is 2. The molecule has 6 heteroatoms. The molecule has 1 aliphatic rings. The zero-order chi connectivity index (χ0) is 20.9. The fraction of sp³-hybridized carbons (Fsp3) is 0.292. The van der Waals surface area contributed by atoms with Gasteiger partial charge in [-0.15, -0.1) is 11.3 Å². The van der Waals surface area contributed by atoms with Gasteiger partial charge in [-0.05, 0) is 43.5 Å². The standard InChI is InChI=1S/C24H24N2O3S/c1-2-29-24(28)20(16-17-8-4-3-5-9-17)26(18-12-13-18)23(27)15-14-22-25-19-10-6-7-11-21(19)30-22/h3-11,14-15,18,20H,2,12-13,16H2,1H3/b15-14+. The average molecular weight is 421 g/mol. The van der Waals surface area contributed by atoms with Gasteiger partial charge in [-0.2, -0.15) is 0 Å². The van der Waals surface area contributed by atoms with E-state index in [-0.39, 0.29) is 17.9 Å². The number of thiazole rings is 1. The maximum absolute atomic E-state index is 13.2. The average Bonchev–Trinajstić information content (AvgIpc) is 3.50. The van der Waals surface area contributed by atoms with Gasteiger partial charge >= 0.3 is 5.97 Å². The normalized spacial score (nSPS) is 14.7. The molecule has 0 bridgehead atoms. The van der Waals surface area contributed by atoms with Gasteiger partial charge < -0.3 is 9.64 Å². The Bertz CT molecular complexity index is 1020. The summed E-state index contributed by atoms with van der Waals surface area (Å²) in [7, 11) is 0. The Balaban J connectivity index is 1.57. The number of hydrogen-bond donors (Lipinski definition) is 0. The first-order valence-corrected chi connectivity index (χ1v) is 11.0. The molecule has 4 rings (SSSR count). The Morgan fingerprint density at radius 1 is 1.17 bits per heavy atom. The van der Waals surface area contributed by atoms with E-state index in [1.165, 1.54) is 6.08 Å². The van der Waals surface area contributed by atoms with Crippen molar-refractivity contribution in [2.45, 2.75) is 38.3 Å². The lowest BCUT2D eigenvalue weighted by molar-refractivity contribution is -0.154. The molecule has 3 aromatic rings. The number of carbonyl (C=O) groups is 2. The van der Waals surface area contributed by atoms with Gasteiger partial charge in [0, 0.05) is 18.5 Å². The highest BCUT2D eigenvalue weighted by Crippen LogP contribution is 2.31. The molecule has 0 aliphatic heterocycles. The number of ether oxygens (including phenoxy) is 1. The van der Waals surface area contributed by atoms with Crippen molar-refractivity contribution in [2.24, 2.45) is 0 Å². The maximum Gasteiger partial charge on any atom is 0.329 e. The lowest BCUT2D eigenvalue weighted by atomic mass is 10.0. The molecule has 1 amide bonds. The van der Waals surface area contributed by atoms with Crippen molar-refractivity contribution in [2.75, 3.05) is 6.61 Å². The molecule has 2 aromatic carbocycles. The van der Waals surface area contributed by atoms with Gasteiger partial charge in [0.2, 0.25) is 5.91 Å². The second kappa shape index (κ2) is 9.22. The van der Waals surface area contributed by atoms with E-state index in [9.17, 15) is 9.59 Å². The highest BCUT2D eigenvalue weighted by Gasteiger charge is 2.40. The molecule has 30 heavy (non-hydrogen) atoms. The minimum Gasteiger partial charge on any atom is -0.464 e. The van der Waals surface area contributed by atoms with Crippen LogP contribution in [-0.2, 0) is 20.7 Å². The largest absolute Gasteiger partial charge is 0.464 e. The van der Waals surface area contributed by atoms with E-state index >= 15 is 0 Å². The molecule has 0 saturated heterocycles. The van der Waals surface area contributed by atoms with Crippen LogP contribution in [0.15, 0.2) is 60.7 Å². The van der Waals surface area contributed by atoms with Gasteiger partial charge in [0.1, 0.15) is 11.0 Å². The number of hydrogen-bond acceptors (Lipinski definition) is 5. The quantitative estimate of drug-likeness (QED) is 0.398. The van der Waals surface area contributed by atoms with Crippen molar-refractivity contribution >= 4 is 39.5 Å². The summed E-state index contributed by atoms with van der Waals surface area (Å²) in [6, 6.07) is 17.1. The summed E-state index contributed by atoms with van der Waals surface area (Å²) < 4.78 is 6.40. The van der Waals surface area contributed by atoms with Crippen LogP contribution < -0.4 is 0 Å². The van der Waals surface area contributed by atoms with Gasteiger partial charge in [-0.1, -0.05) is 42.5 Å². The topological polar surface area (TPSA) is 59.5 Å². The highest BCUT2D eigenvalue weighted by atomic mass is 32.1. The molecule has 1 saturated carbocycles. The fourth-order valence-corrected chi connectivity index (χ4v) is 4.37. The first-order chi connectivity index (χ1) is 14.7. The number of esters is 1. The molecule has 154 valence electrons. The molecule has 1 aliphatic carbocycles. The number of aromatic nitrogens is 1. The van der Waals surface area contributed by atoms with Crippen LogP contribution >= 0.6 is 11.3 Å². The van der Waals surface area contributed by atoms with Crippen molar-refractivity contribution in [1.82, 2.24) is 9.88 Å². The molecule has 1 atom stereocenters. The summed E-state index contributed by atoms with van der Waals surface area (Å²) in [6.07, 6.45) is 5.54. The molecule has 1 fully saturated rings. The minimum absolute atomic E-state index is 0.0793. The van der Waals surface area contributed by atoms with E-state index in [2.05, 4.69) is 4.98 Å². The predicted octanol–water partition coefficient (Wildman–Crippen LogP) is 4.47. The number of rotatable bonds is 8. The van der Waals surface area contributed by atoms with E-state index in [1.807, 2.05) is 54.6 Å². The summed E-state index contributed by atoms with van der Waals surface area (Å²) in [5.41, 5.74) is 1.92.